The Morgan fingerprint density at radius 3 is 2.33 bits per heavy atom. The molecule has 0 nitrogen and oxygen atoms in total. The van der Waals surface area contributed by atoms with Gasteiger partial charge in [0.25, 0.3) is 0 Å². The molecule has 0 spiro atoms. The van der Waals surface area contributed by atoms with Crippen molar-refractivity contribution in [1.29, 1.82) is 0 Å². The van der Waals surface area contributed by atoms with Crippen molar-refractivity contribution < 1.29 is 0 Å². The van der Waals surface area contributed by atoms with E-state index in [1.165, 1.54) is 27.8 Å². The maximum absolute atomic E-state index is 2.32. The van der Waals surface area contributed by atoms with Crippen LogP contribution in [0.5, 0.6) is 0 Å². The van der Waals surface area contributed by atoms with E-state index in [0.29, 0.717) is 5.92 Å². The van der Waals surface area contributed by atoms with E-state index in [9.17, 15) is 0 Å². The number of hydrogen-bond acceptors (Lipinski definition) is 0. The standard InChI is InChI=1S/C21H23/c1-15-13-17-7-5-6-8-19(20(17)14-15)16-9-11-18(12-10-16)21(2,3)4/h5-14,19H,1-4H3. The Morgan fingerprint density at radius 1 is 0.952 bits per heavy atom. The number of hydrogen-bond donors (Lipinski definition) is 0. The maximum atomic E-state index is 2.32. The molecule has 2 aliphatic carbocycles. The average Bonchev–Trinajstić information content (AvgIpc) is 2.68. The summed E-state index contributed by atoms with van der Waals surface area (Å²) in [6.07, 6.45) is 13.4. The highest BCUT2D eigenvalue weighted by Crippen LogP contribution is 2.38. The topological polar surface area (TPSA) is 0 Å². The van der Waals surface area contributed by atoms with Gasteiger partial charge in [-0.05, 0) is 34.6 Å². The molecule has 1 radical (unpaired) electrons. The molecule has 0 aliphatic heterocycles. The number of benzene rings is 1. The predicted molar refractivity (Wildman–Crippen MR) is 91.2 cm³/mol. The summed E-state index contributed by atoms with van der Waals surface area (Å²) in [5, 5.41) is 0. The van der Waals surface area contributed by atoms with Crippen LogP contribution in [-0.4, -0.2) is 0 Å². The fourth-order valence-electron chi connectivity index (χ4n) is 3.03. The van der Waals surface area contributed by atoms with Gasteiger partial charge in [0.15, 0.2) is 0 Å². The van der Waals surface area contributed by atoms with Crippen molar-refractivity contribution in [3.05, 3.63) is 88.9 Å². The van der Waals surface area contributed by atoms with Crippen LogP contribution in [0, 0.1) is 6.42 Å². The zero-order valence-electron chi connectivity index (χ0n) is 13.4. The van der Waals surface area contributed by atoms with Crippen LogP contribution in [0.4, 0.5) is 0 Å². The first-order valence-corrected chi connectivity index (χ1v) is 7.68. The van der Waals surface area contributed by atoms with Gasteiger partial charge in [-0.25, -0.2) is 0 Å². The monoisotopic (exact) mass is 275 g/mol. The van der Waals surface area contributed by atoms with Crippen LogP contribution in [0.1, 0.15) is 44.7 Å². The number of rotatable bonds is 1. The third-order valence-electron chi connectivity index (χ3n) is 4.26. The van der Waals surface area contributed by atoms with E-state index < -0.39 is 0 Å². The first-order valence-electron chi connectivity index (χ1n) is 7.68. The fraction of sp³-hybridized carbons (Fsp3) is 0.286. The smallest absolute Gasteiger partial charge is 0.0275 e. The van der Waals surface area contributed by atoms with Gasteiger partial charge in [0.1, 0.15) is 0 Å². The Kier molecular flexibility index (Phi) is 3.49. The Morgan fingerprint density at radius 2 is 1.67 bits per heavy atom. The minimum absolute atomic E-state index is 0.210. The zero-order chi connectivity index (χ0) is 15.0. The molecular formula is C21H23. The first kappa shape index (κ1) is 14.1. The normalized spacial score (nSPS) is 21.3. The van der Waals surface area contributed by atoms with Crippen LogP contribution >= 0.6 is 0 Å². The molecule has 0 N–H and O–H groups in total. The van der Waals surface area contributed by atoms with Gasteiger partial charge in [0.2, 0.25) is 0 Å². The van der Waals surface area contributed by atoms with Gasteiger partial charge < -0.3 is 0 Å². The minimum atomic E-state index is 0.210. The number of allylic oxidation sites excluding steroid dienone is 8. The van der Waals surface area contributed by atoms with Crippen LogP contribution in [0.2, 0.25) is 0 Å². The SMILES string of the molecule is CC1=CC2=C([CH]1)C=CC=CC2c1ccc(C(C)(C)C)cc1. The van der Waals surface area contributed by atoms with Gasteiger partial charge in [-0.15, -0.1) is 0 Å². The molecule has 3 rings (SSSR count). The molecule has 0 saturated heterocycles. The Balaban J connectivity index is 1.98. The fourth-order valence-corrected chi connectivity index (χ4v) is 3.03. The molecule has 0 heteroatoms. The van der Waals surface area contributed by atoms with Crippen LogP contribution < -0.4 is 0 Å². The lowest BCUT2D eigenvalue weighted by Gasteiger charge is -2.21. The summed E-state index contributed by atoms with van der Waals surface area (Å²) in [4.78, 5) is 0. The van der Waals surface area contributed by atoms with Crippen molar-refractivity contribution in [1.82, 2.24) is 0 Å². The third-order valence-corrected chi connectivity index (χ3v) is 4.26. The van der Waals surface area contributed by atoms with Crippen molar-refractivity contribution in [2.24, 2.45) is 0 Å². The molecule has 2 aliphatic rings. The van der Waals surface area contributed by atoms with Crippen LogP contribution in [0.25, 0.3) is 0 Å². The summed E-state index contributed by atoms with van der Waals surface area (Å²) >= 11 is 0. The third kappa shape index (κ3) is 2.81. The summed E-state index contributed by atoms with van der Waals surface area (Å²) in [6, 6.07) is 9.12. The molecule has 1 unspecified atom stereocenters. The van der Waals surface area contributed by atoms with E-state index >= 15 is 0 Å². The average molecular weight is 275 g/mol. The van der Waals surface area contributed by atoms with E-state index in [1.807, 2.05) is 0 Å². The molecule has 1 atom stereocenters. The van der Waals surface area contributed by atoms with E-state index in [-0.39, 0.29) is 5.41 Å². The summed E-state index contributed by atoms with van der Waals surface area (Å²) < 4.78 is 0. The molecule has 1 aromatic rings. The van der Waals surface area contributed by atoms with Crippen LogP contribution in [0.15, 0.2) is 71.4 Å². The lowest BCUT2D eigenvalue weighted by Crippen LogP contribution is -2.11. The highest BCUT2D eigenvalue weighted by atomic mass is 14.3. The lowest BCUT2D eigenvalue weighted by molar-refractivity contribution is 0.590. The Hall–Kier alpha value is -1.82. The molecule has 0 amide bonds. The Bertz CT molecular complexity index is 655. The minimum Gasteiger partial charge on any atom is -0.0726 e. The molecule has 0 bridgehead atoms. The molecule has 107 valence electrons. The van der Waals surface area contributed by atoms with Crippen molar-refractivity contribution >= 4 is 0 Å². The van der Waals surface area contributed by atoms with E-state index in [2.05, 4.69) is 88.8 Å². The second-order valence-electron chi connectivity index (χ2n) is 7.04. The van der Waals surface area contributed by atoms with Crippen molar-refractivity contribution in [2.75, 3.05) is 0 Å². The molecule has 0 saturated carbocycles. The van der Waals surface area contributed by atoms with E-state index in [1.54, 1.807) is 0 Å². The van der Waals surface area contributed by atoms with E-state index in [0.717, 1.165) is 0 Å². The largest absolute Gasteiger partial charge is 0.0726 e. The van der Waals surface area contributed by atoms with Gasteiger partial charge >= 0.3 is 0 Å². The molecular weight excluding hydrogens is 252 g/mol. The molecule has 0 fully saturated rings. The highest BCUT2D eigenvalue weighted by molar-refractivity contribution is 5.59. The lowest BCUT2D eigenvalue weighted by atomic mass is 9.84. The molecule has 21 heavy (non-hydrogen) atoms. The van der Waals surface area contributed by atoms with E-state index in [4.69, 9.17) is 0 Å². The van der Waals surface area contributed by atoms with Crippen LogP contribution in [0.3, 0.4) is 0 Å². The van der Waals surface area contributed by atoms with Gasteiger partial charge in [0, 0.05) is 12.3 Å². The summed E-state index contributed by atoms with van der Waals surface area (Å²) in [5.74, 6) is 0.359. The van der Waals surface area contributed by atoms with Crippen molar-refractivity contribution in [3.63, 3.8) is 0 Å². The van der Waals surface area contributed by atoms with Crippen molar-refractivity contribution in [2.45, 2.75) is 39.0 Å². The van der Waals surface area contributed by atoms with Gasteiger partial charge in [0.05, 0.1) is 0 Å². The molecule has 1 aromatic carbocycles. The van der Waals surface area contributed by atoms with Crippen LogP contribution in [-0.2, 0) is 5.41 Å². The Labute approximate surface area is 128 Å². The quantitative estimate of drug-likeness (QED) is 0.621. The second-order valence-corrected chi connectivity index (χ2v) is 7.04. The molecule has 0 heterocycles. The summed E-state index contributed by atoms with van der Waals surface area (Å²) in [5.41, 5.74) is 7.08. The second kappa shape index (κ2) is 5.18. The predicted octanol–water partition coefficient (Wildman–Crippen LogP) is 5.65. The van der Waals surface area contributed by atoms with Crippen molar-refractivity contribution in [3.8, 4) is 0 Å². The summed E-state index contributed by atoms with van der Waals surface area (Å²) in [7, 11) is 0. The maximum Gasteiger partial charge on any atom is 0.0275 e. The first-order chi connectivity index (χ1) is 9.95. The van der Waals surface area contributed by atoms with Gasteiger partial charge in [-0.2, -0.15) is 0 Å². The van der Waals surface area contributed by atoms with Gasteiger partial charge in [-0.3, -0.25) is 0 Å². The summed E-state index contributed by atoms with van der Waals surface area (Å²) in [6.45, 7) is 8.95. The van der Waals surface area contributed by atoms with Gasteiger partial charge in [-0.1, -0.05) is 81.0 Å². The zero-order valence-corrected chi connectivity index (χ0v) is 13.4. The highest BCUT2D eigenvalue weighted by Gasteiger charge is 2.22. The molecule has 0 aromatic heterocycles.